The van der Waals surface area contributed by atoms with Crippen LogP contribution in [0.1, 0.15) is 98.6 Å². The Morgan fingerprint density at radius 3 is 0.942 bits per heavy atom. The molecule has 3 saturated carbocycles. The molecule has 104 heavy (non-hydrogen) atoms. The van der Waals surface area contributed by atoms with Crippen LogP contribution in [0, 0.1) is 40.4 Å². The molecule has 9 aliphatic rings. The molecule has 12 atom stereocenters. The molecule has 0 unspecified atom stereocenters. The summed E-state index contributed by atoms with van der Waals surface area (Å²) in [5.41, 5.74) is 1.34. The van der Waals surface area contributed by atoms with Crippen molar-refractivity contribution in [3.63, 3.8) is 0 Å². The van der Waals surface area contributed by atoms with Gasteiger partial charge in [0.15, 0.2) is 33.6 Å². The van der Waals surface area contributed by atoms with E-state index in [-0.39, 0.29) is 35.5 Å². The minimum Gasteiger partial charge on any atom is -0.476 e. The molecule has 532 valence electrons. The van der Waals surface area contributed by atoms with Gasteiger partial charge in [-0.05, 0) is 89.0 Å². The number of halogens is 4. The summed E-state index contributed by atoms with van der Waals surface area (Å²) in [5, 5.41) is 58.8. The fourth-order valence-electron chi connectivity index (χ4n) is 18.8. The van der Waals surface area contributed by atoms with Crippen LogP contribution in [0.5, 0.6) is 17.2 Å². The standard InChI is InChI=1S/2C28H26ClN3O3.C27H26BrClN2O3/c2*29-23-15-25-26(31-17-23)27(33)22(18-32-10-12-34-13-11-32)14-24(20-4-2-1-3-5-20)28(27,35-25)21-8-6-19(16-30)7-9-21;28-21-8-6-19(7-9-21)27-23(18-4-2-1-3-5-18)14-20(17-31-10-12-33-13-11-31)26(27,32)25-24(34-27)15-22(29)16-30-25/h2*1-9,15,17,22,24,33H,10-14,18H2;1-9,15-16,20,23,32H,10-14,17H2/t2*22-,24+,27-,28+;20-,23+,26-,27+/m111/s1. The van der Waals surface area contributed by atoms with Gasteiger partial charge in [0, 0.05) is 136 Å². The molecular formula is C83H78BrCl3N8O9. The Morgan fingerprint density at radius 1 is 0.404 bits per heavy atom. The Labute approximate surface area is 628 Å². The van der Waals surface area contributed by atoms with Crippen molar-refractivity contribution in [2.45, 2.75) is 70.6 Å². The van der Waals surface area contributed by atoms with Crippen molar-refractivity contribution < 1.29 is 43.7 Å². The molecule has 9 aromatic rings. The van der Waals surface area contributed by atoms with Gasteiger partial charge in [0.2, 0.25) is 0 Å². The monoisotopic (exact) mass is 1510 g/mol. The number of hydrogen-bond acceptors (Lipinski definition) is 17. The number of rotatable bonds is 12. The van der Waals surface area contributed by atoms with Crippen LogP contribution < -0.4 is 14.2 Å². The maximum atomic E-state index is 12.9. The third kappa shape index (κ3) is 11.8. The molecule has 0 amide bonds. The van der Waals surface area contributed by atoms with Gasteiger partial charge in [-0.3, -0.25) is 29.7 Å². The molecule has 3 aliphatic carbocycles. The number of fused-ring (bicyclic) bond motifs is 9. The molecule has 6 fully saturated rings. The zero-order chi connectivity index (χ0) is 71.4. The molecule has 17 nitrogen and oxygen atoms in total. The van der Waals surface area contributed by atoms with E-state index in [0.29, 0.717) is 113 Å². The van der Waals surface area contributed by atoms with Gasteiger partial charge in [-0.15, -0.1) is 0 Å². The van der Waals surface area contributed by atoms with E-state index in [2.05, 4.69) is 118 Å². The summed E-state index contributed by atoms with van der Waals surface area (Å²) in [7, 11) is 0. The first-order valence-corrected chi connectivity index (χ1v) is 37.6. The van der Waals surface area contributed by atoms with Crippen LogP contribution in [0.4, 0.5) is 0 Å². The minimum absolute atomic E-state index is 0.0705. The highest BCUT2D eigenvalue weighted by molar-refractivity contribution is 9.10. The number of aromatic nitrogens is 3. The summed E-state index contributed by atoms with van der Waals surface area (Å²) >= 11 is 22.5. The first kappa shape index (κ1) is 70.5. The van der Waals surface area contributed by atoms with Gasteiger partial charge in [-0.25, -0.2) is 0 Å². The molecule has 21 heteroatoms. The fraction of sp³-hybridized carbons (Fsp3) is 0.361. The van der Waals surface area contributed by atoms with Crippen LogP contribution in [0.15, 0.2) is 205 Å². The normalized spacial score (nSPS) is 30.0. The second kappa shape index (κ2) is 28.8. The molecule has 0 bridgehead atoms. The number of aliphatic hydroxyl groups is 3. The summed E-state index contributed by atoms with van der Waals surface area (Å²) in [4.78, 5) is 21.1. The fourth-order valence-corrected chi connectivity index (χ4v) is 19.5. The molecule has 3 saturated heterocycles. The van der Waals surface area contributed by atoms with Gasteiger partial charge in [0.05, 0.1) is 78.0 Å². The first-order chi connectivity index (χ1) is 50.6. The molecule has 0 radical (unpaired) electrons. The SMILES string of the molecule is N#Cc1ccc([C@@]23Oc4cc(Cl)cnc4[C@]2(O)[C@@H](CN2CCOCC2)C[C@H]3c2ccccc2)cc1.N#Cc1ccc([C@@]23Oc4cc(Cl)cnc4[C@]2(O)[C@@H](CN2CCOCC2)C[C@H]3c2ccccc2)cc1.O[C@]12c3ncc(Cl)cc3O[C@@]1(c1ccc(Br)cc1)[C@H](c1ccccc1)C[C@@H]2CN1CCOCC1. The van der Waals surface area contributed by atoms with E-state index < -0.39 is 33.6 Å². The van der Waals surface area contributed by atoms with Gasteiger partial charge in [0.25, 0.3) is 0 Å². The Hall–Kier alpha value is -7.86. The van der Waals surface area contributed by atoms with Crippen LogP contribution in [0.3, 0.4) is 0 Å². The quantitative estimate of drug-likeness (QED) is 0.104. The van der Waals surface area contributed by atoms with E-state index in [1.165, 1.54) is 0 Å². The third-order valence-electron chi connectivity index (χ3n) is 23.4. The van der Waals surface area contributed by atoms with E-state index in [4.69, 9.17) is 63.2 Å². The van der Waals surface area contributed by atoms with Crippen molar-refractivity contribution in [2.75, 3.05) is 98.5 Å². The van der Waals surface area contributed by atoms with Crippen molar-refractivity contribution in [2.24, 2.45) is 17.8 Å². The van der Waals surface area contributed by atoms with Crippen molar-refractivity contribution in [1.82, 2.24) is 29.7 Å². The lowest BCUT2D eigenvalue weighted by Crippen LogP contribution is -2.53. The molecule has 0 spiro atoms. The predicted molar refractivity (Wildman–Crippen MR) is 396 cm³/mol. The van der Waals surface area contributed by atoms with Crippen LogP contribution in [0.25, 0.3) is 0 Å². The van der Waals surface area contributed by atoms with E-state index in [1.807, 2.05) is 78.9 Å². The minimum atomic E-state index is -1.39. The highest BCUT2D eigenvalue weighted by atomic mass is 79.9. The van der Waals surface area contributed by atoms with E-state index in [0.717, 1.165) is 103 Å². The maximum Gasteiger partial charge on any atom is 0.175 e. The molecular weight excluding hydrogens is 1440 g/mol. The number of hydrogen-bond donors (Lipinski definition) is 3. The highest BCUT2D eigenvalue weighted by Crippen LogP contribution is 2.72. The summed E-state index contributed by atoms with van der Waals surface area (Å²) < 4.78 is 38.2. The Bertz CT molecular complexity index is 4470. The lowest BCUT2D eigenvalue weighted by molar-refractivity contribution is -0.135. The average molecular weight is 1520 g/mol. The largest absolute Gasteiger partial charge is 0.476 e. The van der Waals surface area contributed by atoms with E-state index >= 15 is 0 Å². The number of ether oxygens (including phenoxy) is 6. The molecule has 3 N–H and O–H groups in total. The molecule has 9 heterocycles. The summed E-state index contributed by atoms with van der Waals surface area (Å²) in [6.45, 7) is 11.4. The summed E-state index contributed by atoms with van der Waals surface area (Å²) in [5.74, 6) is 0.863. The molecule has 6 aromatic carbocycles. The van der Waals surface area contributed by atoms with Gasteiger partial charge < -0.3 is 43.7 Å². The van der Waals surface area contributed by atoms with Gasteiger partial charge >= 0.3 is 0 Å². The lowest BCUT2D eigenvalue weighted by Gasteiger charge is -2.42. The third-order valence-corrected chi connectivity index (χ3v) is 24.5. The summed E-state index contributed by atoms with van der Waals surface area (Å²) in [6.07, 6.45) is 7.00. The zero-order valence-corrected chi connectivity index (χ0v) is 61.0. The Kier molecular flexibility index (Phi) is 19.5. The lowest BCUT2D eigenvalue weighted by atomic mass is 9.71. The van der Waals surface area contributed by atoms with Crippen LogP contribution in [0.2, 0.25) is 15.1 Å². The molecule has 18 rings (SSSR count). The first-order valence-electron chi connectivity index (χ1n) is 35.7. The average Bonchev–Trinajstić information content (AvgIpc) is 1.52. The zero-order valence-electron chi connectivity index (χ0n) is 57.1. The predicted octanol–water partition coefficient (Wildman–Crippen LogP) is 13.5. The number of morpholine rings is 3. The van der Waals surface area contributed by atoms with Gasteiger partial charge in [-0.2, -0.15) is 10.5 Å². The van der Waals surface area contributed by atoms with Gasteiger partial charge in [-0.1, -0.05) is 178 Å². The van der Waals surface area contributed by atoms with E-state index in [9.17, 15) is 25.8 Å². The number of nitriles is 2. The van der Waals surface area contributed by atoms with Crippen LogP contribution in [-0.2, 0) is 47.8 Å². The second-order valence-corrected chi connectivity index (χ2v) is 30.8. The Balaban J connectivity index is 0.000000120. The van der Waals surface area contributed by atoms with Gasteiger partial charge in [0.1, 0.15) is 34.3 Å². The van der Waals surface area contributed by atoms with Crippen molar-refractivity contribution >= 4 is 50.7 Å². The molecule has 3 aromatic heterocycles. The molecule has 6 aliphatic heterocycles. The second-order valence-electron chi connectivity index (χ2n) is 28.6. The smallest absolute Gasteiger partial charge is 0.175 e. The van der Waals surface area contributed by atoms with Crippen LogP contribution >= 0.6 is 50.7 Å². The number of nitrogens with zero attached hydrogens (tertiary/aromatic N) is 8. The van der Waals surface area contributed by atoms with Crippen molar-refractivity contribution in [3.8, 4) is 29.4 Å². The summed E-state index contributed by atoms with van der Waals surface area (Å²) in [6, 6.07) is 63.4. The number of pyridine rings is 3. The topological polar surface area (TPSA) is 212 Å². The highest BCUT2D eigenvalue weighted by Gasteiger charge is 2.76. The Morgan fingerprint density at radius 2 is 0.673 bits per heavy atom. The number of benzene rings is 6. The maximum absolute atomic E-state index is 12.9. The van der Waals surface area contributed by atoms with E-state index in [1.54, 1.807) is 61.1 Å². The van der Waals surface area contributed by atoms with Crippen molar-refractivity contribution in [1.29, 1.82) is 10.5 Å². The van der Waals surface area contributed by atoms with Crippen LogP contribution in [-0.4, -0.2) is 144 Å². The van der Waals surface area contributed by atoms with Crippen molar-refractivity contribution in [3.05, 3.63) is 282 Å².